The molecular formula is C28H41NO9. The molecular weight excluding hydrogens is 494 g/mol. The van der Waals surface area contributed by atoms with Gasteiger partial charge in [-0.1, -0.05) is 20.8 Å². The average molecular weight is 536 g/mol. The van der Waals surface area contributed by atoms with Crippen molar-refractivity contribution in [3.8, 4) is 0 Å². The molecule has 0 spiro atoms. The summed E-state index contributed by atoms with van der Waals surface area (Å²) in [5, 5.41) is 15.3. The van der Waals surface area contributed by atoms with Crippen LogP contribution in [0.5, 0.6) is 0 Å². The van der Waals surface area contributed by atoms with Crippen LogP contribution in [0.25, 0.3) is 0 Å². The summed E-state index contributed by atoms with van der Waals surface area (Å²) in [7, 11) is 0. The van der Waals surface area contributed by atoms with Crippen LogP contribution >= 0.6 is 0 Å². The maximum Gasteiger partial charge on any atom is 0.303 e. The minimum Gasteiger partial charge on any atom is -0.462 e. The van der Waals surface area contributed by atoms with E-state index in [0.29, 0.717) is 25.8 Å². The lowest BCUT2D eigenvalue weighted by Crippen LogP contribution is -2.81. The number of hydrogen-bond donors (Lipinski definition) is 2. The molecule has 2 bridgehead atoms. The minimum absolute atomic E-state index is 0.0902. The quantitative estimate of drug-likeness (QED) is 0.313. The summed E-state index contributed by atoms with van der Waals surface area (Å²) in [6.07, 6.45) is -2.08. The zero-order valence-electron chi connectivity index (χ0n) is 23.6. The molecule has 38 heavy (non-hydrogen) atoms. The number of hydrogen-bond acceptors (Lipinski definition) is 10. The van der Waals surface area contributed by atoms with Crippen LogP contribution < -0.4 is 5.32 Å². The second-order valence-corrected chi connectivity index (χ2v) is 12.3. The molecule has 10 heteroatoms. The van der Waals surface area contributed by atoms with E-state index < -0.39 is 70.6 Å². The van der Waals surface area contributed by atoms with Crippen LogP contribution in [0, 0.1) is 22.7 Å². The molecule has 1 aliphatic heterocycles. The molecule has 9 atom stereocenters. The number of β-amino-alcohol motifs (C(OH)–C–C–N with tert-alkyl or cyclic N) is 1. The number of esters is 4. The van der Waals surface area contributed by atoms with E-state index in [4.69, 9.17) is 18.9 Å². The normalized spacial score (nSPS) is 41.2. The Morgan fingerprint density at radius 1 is 0.842 bits per heavy atom. The van der Waals surface area contributed by atoms with E-state index in [1.807, 2.05) is 13.8 Å². The van der Waals surface area contributed by atoms with Crippen molar-refractivity contribution in [1.82, 2.24) is 5.32 Å². The minimum atomic E-state index is -1.16. The van der Waals surface area contributed by atoms with Crippen molar-refractivity contribution in [2.75, 3.05) is 6.54 Å². The molecule has 2 saturated carbocycles. The second-order valence-electron chi connectivity index (χ2n) is 12.3. The van der Waals surface area contributed by atoms with Crippen molar-refractivity contribution in [3.63, 3.8) is 0 Å². The first-order valence-electron chi connectivity index (χ1n) is 13.4. The molecule has 0 radical (unpaired) electrons. The predicted octanol–water partition coefficient (Wildman–Crippen LogP) is 2.21. The fourth-order valence-electron chi connectivity index (χ4n) is 7.93. The summed E-state index contributed by atoms with van der Waals surface area (Å²) in [6, 6.07) is -0.317. The van der Waals surface area contributed by atoms with E-state index in [2.05, 4.69) is 19.2 Å². The Bertz CT molecular complexity index is 1070. The van der Waals surface area contributed by atoms with Gasteiger partial charge in [-0.2, -0.15) is 0 Å². The monoisotopic (exact) mass is 535 g/mol. The van der Waals surface area contributed by atoms with E-state index >= 15 is 0 Å². The molecule has 1 heterocycles. The number of rotatable bonds is 4. The predicted molar refractivity (Wildman–Crippen MR) is 134 cm³/mol. The topological polar surface area (TPSA) is 137 Å². The highest BCUT2D eigenvalue weighted by Gasteiger charge is 2.71. The second kappa shape index (κ2) is 9.62. The molecule has 3 fully saturated rings. The number of ether oxygens (including phenoxy) is 4. The van der Waals surface area contributed by atoms with Crippen LogP contribution in [0.1, 0.15) is 74.7 Å². The van der Waals surface area contributed by atoms with Gasteiger partial charge in [-0.05, 0) is 42.2 Å². The molecule has 0 aromatic carbocycles. The van der Waals surface area contributed by atoms with E-state index in [0.717, 1.165) is 11.1 Å². The fourth-order valence-corrected chi connectivity index (χ4v) is 7.93. The van der Waals surface area contributed by atoms with Gasteiger partial charge in [0.1, 0.15) is 12.2 Å². The largest absolute Gasteiger partial charge is 0.462 e. The van der Waals surface area contributed by atoms with E-state index in [9.17, 15) is 24.3 Å². The Labute approximate surface area is 223 Å². The van der Waals surface area contributed by atoms with Gasteiger partial charge >= 0.3 is 23.9 Å². The maximum atomic E-state index is 12.6. The Balaban J connectivity index is 2.02. The summed E-state index contributed by atoms with van der Waals surface area (Å²) in [6.45, 7) is 13.4. The molecule has 4 aliphatic rings. The van der Waals surface area contributed by atoms with Gasteiger partial charge in [-0.3, -0.25) is 19.2 Å². The van der Waals surface area contributed by atoms with Gasteiger partial charge in [0.05, 0.1) is 11.0 Å². The van der Waals surface area contributed by atoms with Crippen molar-refractivity contribution in [2.24, 2.45) is 22.7 Å². The Morgan fingerprint density at radius 2 is 1.42 bits per heavy atom. The fraction of sp³-hybridized carbons (Fsp3) is 0.786. The molecule has 0 aromatic heterocycles. The van der Waals surface area contributed by atoms with Gasteiger partial charge in [-0.15, -0.1) is 0 Å². The van der Waals surface area contributed by atoms with Crippen LogP contribution in [0.2, 0.25) is 0 Å². The van der Waals surface area contributed by atoms with Crippen molar-refractivity contribution in [3.05, 3.63) is 11.1 Å². The van der Waals surface area contributed by atoms with Gasteiger partial charge < -0.3 is 29.4 Å². The highest BCUT2D eigenvalue weighted by atomic mass is 16.6. The zero-order chi connectivity index (χ0) is 28.4. The van der Waals surface area contributed by atoms with Crippen LogP contribution in [-0.4, -0.2) is 71.6 Å². The SMILES string of the molecule is CC(=O)O[C@H]1C[C@H]2C[C@@H]3[C@]4(O)CN[C@@H]4C[C@H](OC(C)=O)[C@@]3(C)[C@@H](OC(C)=O)[C@H](OC(C)=O)C(=C1C)C2(C)C. The summed E-state index contributed by atoms with van der Waals surface area (Å²) in [5.41, 5.74) is -1.35. The lowest BCUT2D eigenvalue weighted by molar-refractivity contribution is -0.266. The smallest absolute Gasteiger partial charge is 0.303 e. The van der Waals surface area contributed by atoms with Crippen molar-refractivity contribution < 1.29 is 43.2 Å². The molecule has 0 unspecified atom stereocenters. The molecule has 1 saturated heterocycles. The summed E-state index contributed by atoms with van der Waals surface area (Å²) in [4.78, 5) is 49.5. The van der Waals surface area contributed by atoms with Gasteiger partial charge in [0.2, 0.25) is 0 Å². The van der Waals surface area contributed by atoms with Crippen LogP contribution in [0.4, 0.5) is 0 Å². The van der Waals surface area contributed by atoms with E-state index in [-0.39, 0.29) is 12.0 Å². The number of fused-ring (bicyclic) bond motifs is 5. The maximum absolute atomic E-state index is 12.6. The average Bonchev–Trinajstić information content (AvgIpc) is 2.76. The van der Waals surface area contributed by atoms with Crippen LogP contribution in [0.15, 0.2) is 11.1 Å². The van der Waals surface area contributed by atoms with Crippen LogP contribution in [0.3, 0.4) is 0 Å². The van der Waals surface area contributed by atoms with Gasteiger partial charge in [0.25, 0.3) is 0 Å². The summed E-state index contributed by atoms with van der Waals surface area (Å²) >= 11 is 0. The van der Waals surface area contributed by atoms with Gasteiger partial charge in [0, 0.05) is 52.6 Å². The number of nitrogens with one attached hydrogen (secondary N) is 1. The molecule has 212 valence electrons. The third kappa shape index (κ3) is 4.43. The molecule has 4 rings (SSSR count). The Kier molecular flexibility index (Phi) is 7.23. The van der Waals surface area contributed by atoms with E-state index in [1.165, 1.54) is 27.7 Å². The first-order valence-corrected chi connectivity index (χ1v) is 13.4. The molecule has 0 amide bonds. The molecule has 2 N–H and O–H groups in total. The van der Waals surface area contributed by atoms with Crippen molar-refractivity contribution in [1.29, 1.82) is 0 Å². The highest BCUT2D eigenvalue weighted by molar-refractivity contribution is 5.69. The zero-order valence-corrected chi connectivity index (χ0v) is 23.6. The lowest BCUT2D eigenvalue weighted by Gasteiger charge is -2.66. The lowest BCUT2D eigenvalue weighted by atomic mass is 9.45. The third-order valence-electron chi connectivity index (χ3n) is 9.75. The Hall–Kier alpha value is -2.46. The van der Waals surface area contributed by atoms with E-state index in [1.54, 1.807) is 0 Å². The molecule has 10 nitrogen and oxygen atoms in total. The van der Waals surface area contributed by atoms with Gasteiger partial charge in [0.15, 0.2) is 12.2 Å². The number of carbonyl (C=O) groups is 4. The first-order chi connectivity index (χ1) is 17.5. The van der Waals surface area contributed by atoms with Crippen LogP contribution in [-0.2, 0) is 38.1 Å². The third-order valence-corrected chi connectivity index (χ3v) is 9.75. The van der Waals surface area contributed by atoms with Crippen molar-refractivity contribution in [2.45, 2.75) is 111 Å². The number of carbonyl (C=O) groups excluding carboxylic acids is 4. The Morgan fingerprint density at radius 3 is 1.92 bits per heavy atom. The highest BCUT2D eigenvalue weighted by Crippen LogP contribution is 2.62. The summed E-state index contributed by atoms with van der Waals surface area (Å²) in [5.74, 6) is -2.66. The summed E-state index contributed by atoms with van der Waals surface area (Å²) < 4.78 is 23.7. The van der Waals surface area contributed by atoms with Crippen molar-refractivity contribution >= 4 is 23.9 Å². The molecule has 3 aliphatic carbocycles. The number of aliphatic hydroxyl groups is 1. The molecule has 0 aromatic rings. The van der Waals surface area contributed by atoms with Gasteiger partial charge in [-0.25, -0.2) is 0 Å². The standard InChI is InChI=1S/C28H41NO9/c1-13-19(35-14(2)30)9-18-10-20-27(8,22(36-15(3)31)11-21-28(20,34)12-29-21)25(38-17(5)33)24(37-16(4)32)23(13)26(18,6)7/h18-22,24-25,29,34H,9-12H2,1-8H3/t18-,19-,20-,21+,22-,24+,25-,27-,28+/m0/s1. The first kappa shape index (κ1) is 28.5.